The first kappa shape index (κ1) is 14.9. The molecule has 2 unspecified atom stereocenters. The first-order chi connectivity index (χ1) is 9.90. The Kier molecular flexibility index (Phi) is 4.13. The molecule has 9 heteroatoms. The summed E-state index contributed by atoms with van der Waals surface area (Å²) in [5.74, 6) is -3.83. The van der Waals surface area contributed by atoms with Gasteiger partial charge in [0, 0.05) is 11.6 Å². The Morgan fingerprint density at radius 3 is 2.71 bits per heavy atom. The predicted molar refractivity (Wildman–Crippen MR) is 66.3 cm³/mol. The molecule has 0 saturated carbocycles. The Morgan fingerprint density at radius 1 is 1.43 bits per heavy atom. The zero-order valence-electron chi connectivity index (χ0n) is 10.6. The Hall–Kier alpha value is -2.55. The van der Waals surface area contributed by atoms with Crippen LogP contribution in [0.2, 0.25) is 0 Å². The van der Waals surface area contributed by atoms with Crippen LogP contribution in [0.4, 0.5) is 10.1 Å². The van der Waals surface area contributed by atoms with Crippen molar-refractivity contribution >= 4 is 17.6 Å². The van der Waals surface area contributed by atoms with E-state index in [1.807, 2.05) is 0 Å². The van der Waals surface area contributed by atoms with Crippen molar-refractivity contribution in [2.45, 2.75) is 6.04 Å². The highest BCUT2D eigenvalue weighted by atomic mass is 19.1. The molecular formula is C12H11FN2O6. The predicted octanol–water partition coefficient (Wildman–Crippen LogP) is 0.563. The van der Waals surface area contributed by atoms with Crippen molar-refractivity contribution in [3.63, 3.8) is 0 Å². The summed E-state index contributed by atoms with van der Waals surface area (Å²) in [5, 5.41) is 21.8. The number of carboxylic acids is 1. The van der Waals surface area contributed by atoms with E-state index in [-0.39, 0.29) is 18.8 Å². The second-order valence-corrected chi connectivity index (χ2v) is 4.49. The van der Waals surface area contributed by atoms with Crippen LogP contribution in [0, 0.1) is 21.8 Å². The van der Waals surface area contributed by atoms with Gasteiger partial charge in [0.25, 0.3) is 5.91 Å². The van der Waals surface area contributed by atoms with Crippen LogP contribution in [0.15, 0.2) is 18.2 Å². The number of nitro groups is 1. The SMILES string of the molecule is O=C(NC1COCC1C(=O)O)c1ccc([N+](=O)[O-])c(F)c1. The molecule has 1 amide bonds. The van der Waals surface area contributed by atoms with Crippen molar-refractivity contribution in [2.24, 2.45) is 5.92 Å². The zero-order valence-corrected chi connectivity index (χ0v) is 10.6. The highest BCUT2D eigenvalue weighted by molar-refractivity contribution is 5.95. The number of benzene rings is 1. The third kappa shape index (κ3) is 3.14. The third-order valence-corrected chi connectivity index (χ3v) is 3.12. The Labute approximate surface area is 117 Å². The van der Waals surface area contributed by atoms with Crippen LogP contribution in [0.3, 0.4) is 0 Å². The molecule has 0 radical (unpaired) electrons. The molecule has 1 aromatic rings. The fourth-order valence-electron chi connectivity index (χ4n) is 1.99. The van der Waals surface area contributed by atoms with Gasteiger partial charge >= 0.3 is 11.7 Å². The number of nitro benzene ring substituents is 1. The van der Waals surface area contributed by atoms with E-state index < -0.39 is 40.3 Å². The topological polar surface area (TPSA) is 119 Å². The molecule has 0 aromatic heterocycles. The van der Waals surface area contributed by atoms with Gasteiger partial charge in [-0.15, -0.1) is 0 Å². The average Bonchev–Trinajstić information content (AvgIpc) is 2.86. The summed E-state index contributed by atoms with van der Waals surface area (Å²) in [5.41, 5.74) is -0.867. The van der Waals surface area contributed by atoms with E-state index >= 15 is 0 Å². The van der Waals surface area contributed by atoms with Gasteiger partial charge in [-0.2, -0.15) is 4.39 Å². The first-order valence-electron chi connectivity index (χ1n) is 5.95. The van der Waals surface area contributed by atoms with Crippen molar-refractivity contribution in [3.8, 4) is 0 Å². The maximum absolute atomic E-state index is 13.4. The number of hydrogen-bond acceptors (Lipinski definition) is 5. The smallest absolute Gasteiger partial charge is 0.311 e. The Balaban J connectivity index is 2.12. The van der Waals surface area contributed by atoms with Crippen molar-refractivity contribution in [2.75, 3.05) is 13.2 Å². The second-order valence-electron chi connectivity index (χ2n) is 4.49. The molecule has 1 aliphatic rings. The van der Waals surface area contributed by atoms with Gasteiger partial charge in [0.2, 0.25) is 5.82 Å². The zero-order chi connectivity index (χ0) is 15.6. The number of amides is 1. The van der Waals surface area contributed by atoms with Gasteiger partial charge in [-0.25, -0.2) is 0 Å². The molecule has 0 bridgehead atoms. The van der Waals surface area contributed by atoms with Crippen LogP contribution in [-0.2, 0) is 9.53 Å². The lowest BCUT2D eigenvalue weighted by Crippen LogP contribution is -2.42. The first-order valence-corrected chi connectivity index (χ1v) is 5.95. The van der Waals surface area contributed by atoms with Crippen molar-refractivity contribution in [1.82, 2.24) is 5.32 Å². The van der Waals surface area contributed by atoms with Crippen LogP contribution in [0.5, 0.6) is 0 Å². The standard InChI is InChI=1S/C12H11FN2O6/c13-8-3-6(1-2-10(8)15(19)20)11(16)14-9-5-21-4-7(9)12(17)18/h1-3,7,9H,4-5H2,(H,14,16)(H,17,18). The number of carboxylic acid groups (broad SMARTS) is 1. The van der Waals surface area contributed by atoms with Crippen LogP contribution in [-0.4, -0.2) is 41.2 Å². The molecule has 0 aliphatic carbocycles. The number of halogens is 1. The van der Waals surface area contributed by atoms with Gasteiger partial charge in [-0.3, -0.25) is 19.7 Å². The normalized spacial score (nSPS) is 21.0. The lowest BCUT2D eigenvalue weighted by molar-refractivity contribution is -0.387. The lowest BCUT2D eigenvalue weighted by Gasteiger charge is -2.15. The largest absolute Gasteiger partial charge is 0.481 e. The average molecular weight is 298 g/mol. The van der Waals surface area contributed by atoms with Gasteiger partial charge in [0.15, 0.2) is 0 Å². The van der Waals surface area contributed by atoms with E-state index in [1.54, 1.807) is 0 Å². The summed E-state index contributed by atoms with van der Waals surface area (Å²) in [7, 11) is 0. The van der Waals surface area contributed by atoms with E-state index in [1.165, 1.54) is 0 Å². The number of carbonyl (C=O) groups excluding carboxylic acids is 1. The summed E-state index contributed by atoms with van der Waals surface area (Å²) in [4.78, 5) is 32.4. The van der Waals surface area contributed by atoms with E-state index in [0.717, 1.165) is 18.2 Å². The molecule has 1 aromatic carbocycles. The number of aliphatic carboxylic acids is 1. The third-order valence-electron chi connectivity index (χ3n) is 3.12. The highest BCUT2D eigenvalue weighted by Gasteiger charge is 2.35. The fourth-order valence-corrected chi connectivity index (χ4v) is 1.99. The molecule has 112 valence electrons. The van der Waals surface area contributed by atoms with Crippen LogP contribution < -0.4 is 5.32 Å². The monoisotopic (exact) mass is 298 g/mol. The summed E-state index contributed by atoms with van der Waals surface area (Å²) >= 11 is 0. The van der Waals surface area contributed by atoms with Gasteiger partial charge < -0.3 is 15.2 Å². The number of nitrogens with one attached hydrogen (secondary N) is 1. The molecule has 1 aliphatic heterocycles. The van der Waals surface area contributed by atoms with Gasteiger partial charge in [-0.1, -0.05) is 0 Å². The van der Waals surface area contributed by atoms with Gasteiger partial charge in [0.1, 0.15) is 5.92 Å². The second kappa shape index (κ2) is 5.83. The molecular weight excluding hydrogens is 287 g/mol. The molecule has 2 rings (SSSR count). The van der Waals surface area contributed by atoms with Gasteiger partial charge in [0.05, 0.1) is 24.2 Å². The van der Waals surface area contributed by atoms with E-state index in [2.05, 4.69) is 5.32 Å². The molecule has 21 heavy (non-hydrogen) atoms. The van der Waals surface area contributed by atoms with E-state index in [0.29, 0.717) is 0 Å². The minimum absolute atomic E-state index is 0.0189. The molecule has 1 saturated heterocycles. The quantitative estimate of drug-likeness (QED) is 0.619. The molecule has 8 nitrogen and oxygen atoms in total. The Bertz CT molecular complexity index is 605. The highest BCUT2D eigenvalue weighted by Crippen LogP contribution is 2.19. The van der Waals surface area contributed by atoms with Crippen molar-refractivity contribution in [1.29, 1.82) is 0 Å². The van der Waals surface area contributed by atoms with Crippen molar-refractivity contribution < 1.29 is 28.7 Å². The molecule has 1 fully saturated rings. The number of carbonyl (C=O) groups is 2. The fraction of sp³-hybridized carbons (Fsp3) is 0.333. The number of ether oxygens (including phenoxy) is 1. The maximum Gasteiger partial charge on any atom is 0.311 e. The van der Waals surface area contributed by atoms with E-state index in [9.17, 15) is 24.1 Å². The summed E-state index contributed by atoms with van der Waals surface area (Å²) in [6, 6.07) is 1.99. The van der Waals surface area contributed by atoms with Crippen LogP contribution in [0.1, 0.15) is 10.4 Å². The molecule has 2 N–H and O–H groups in total. The molecule has 2 atom stereocenters. The molecule has 1 heterocycles. The Morgan fingerprint density at radius 2 is 2.14 bits per heavy atom. The minimum Gasteiger partial charge on any atom is -0.481 e. The maximum atomic E-state index is 13.4. The van der Waals surface area contributed by atoms with Crippen LogP contribution >= 0.6 is 0 Å². The number of nitrogens with zero attached hydrogens (tertiary/aromatic N) is 1. The summed E-state index contributed by atoms with van der Waals surface area (Å²) < 4.78 is 18.4. The number of hydrogen-bond donors (Lipinski definition) is 2. The minimum atomic E-state index is -1.13. The van der Waals surface area contributed by atoms with E-state index in [4.69, 9.17) is 9.84 Å². The molecule has 0 spiro atoms. The summed E-state index contributed by atoms with van der Waals surface area (Å²) in [6.45, 7) is 0.0209. The van der Waals surface area contributed by atoms with Crippen molar-refractivity contribution in [3.05, 3.63) is 39.7 Å². The van der Waals surface area contributed by atoms with Crippen LogP contribution in [0.25, 0.3) is 0 Å². The summed E-state index contributed by atoms with van der Waals surface area (Å²) in [6.07, 6.45) is 0. The van der Waals surface area contributed by atoms with Gasteiger partial charge in [-0.05, 0) is 12.1 Å². The lowest BCUT2D eigenvalue weighted by atomic mass is 10.0. The number of rotatable bonds is 4.